The molecule has 1 atom stereocenters. The van der Waals surface area contributed by atoms with Gasteiger partial charge < -0.3 is 5.73 Å². The molecular weight excluding hydrogens is 272 g/mol. The van der Waals surface area contributed by atoms with E-state index < -0.39 is 10.0 Å². The number of benzene rings is 1. The van der Waals surface area contributed by atoms with E-state index in [4.69, 9.17) is 5.73 Å². The summed E-state index contributed by atoms with van der Waals surface area (Å²) in [5, 5.41) is 0. The molecule has 0 amide bonds. The lowest BCUT2D eigenvalue weighted by Gasteiger charge is -2.35. The molecule has 0 saturated carbocycles. The van der Waals surface area contributed by atoms with Crippen molar-refractivity contribution < 1.29 is 8.42 Å². The molecule has 0 aromatic heterocycles. The van der Waals surface area contributed by atoms with Crippen LogP contribution in [0.3, 0.4) is 0 Å². The van der Waals surface area contributed by atoms with Crippen molar-refractivity contribution >= 4 is 15.7 Å². The quantitative estimate of drug-likeness (QED) is 0.873. The lowest BCUT2D eigenvalue weighted by Crippen LogP contribution is -2.43. The first-order valence-corrected chi connectivity index (χ1v) is 8.18. The highest BCUT2D eigenvalue weighted by Gasteiger charge is 2.34. The predicted molar refractivity (Wildman–Crippen MR) is 84.2 cm³/mol. The molecule has 4 nitrogen and oxygen atoms in total. The molecular formula is C15H26N2O2S. The van der Waals surface area contributed by atoms with Crippen molar-refractivity contribution in [2.24, 2.45) is 5.41 Å². The van der Waals surface area contributed by atoms with Crippen LogP contribution in [0.25, 0.3) is 0 Å². The van der Waals surface area contributed by atoms with Gasteiger partial charge in [-0.3, -0.25) is 0 Å². The molecule has 0 saturated heterocycles. The van der Waals surface area contributed by atoms with E-state index in [1.165, 1.54) is 4.31 Å². The zero-order valence-electron chi connectivity index (χ0n) is 13.5. The second-order valence-electron chi connectivity index (χ2n) is 6.51. The SMILES string of the molecule is Cc1ccc(C)c(S(=O)(=O)N(C)C(C)C(C)(C)C)c1N. The van der Waals surface area contributed by atoms with E-state index in [0.29, 0.717) is 11.3 Å². The molecule has 0 radical (unpaired) electrons. The standard InChI is InChI=1S/C15H26N2O2S/c1-10-8-9-11(2)14(13(10)16)20(18,19)17(7)12(3)15(4,5)6/h8-9,12H,16H2,1-7H3. The molecule has 0 heterocycles. The molecule has 0 fully saturated rings. The molecule has 0 aliphatic carbocycles. The smallest absolute Gasteiger partial charge is 0.245 e. The van der Waals surface area contributed by atoms with Crippen LogP contribution in [0.5, 0.6) is 0 Å². The van der Waals surface area contributed by atoms with Crippen LogP contribution in [0.2, 0.25) is 0 Å². The summed E-state index contributed by atoms with van der Waals surface area (Å²) in [7, 11) is -1.98. The van der Waals surface area contributed by atoms with Crippen LogP contribution in [0.4, 0.5) is 5.69 Å². The Morgan fingerprint density at radius 1 is 1.15 bits per heavy atom. The molecule has 20 heavy (non-hydrogen) atoms. The number of nitrogens with zero attached hydrogens (tertiary/aromatic N) is 1. The van der Waals surface area contributed by atoms with Crippen LogP contribution in [0.1, 0.15) is 38.8 Å². The van der Waals surface area contributed by atoms with Gasteiger partial charge in [0.15, 0.2) is 0 Å². The van der Waals surface area contributed by atoms with Gasteiger partial charge in [0.25, 0.3) is 0 Å². The fourth-order valence-corrected chi connectivity index (χ4v) is 3.98. The van der Waals surface area contributed by atoms with Crippen LogP contribution in [-0.4, -0.2) is 25.8 Å². The highest BCUT2D eigenvalue weighted by molar-refractivity contribution is 7.89. The van der Waals surface area contributed by atoms with Gasteiger partial charge in [-0.25, -0.2) is 8.42 Å². The van der Waals surface area contributed by atoms with E-state index in [1.54, 1.807) is 20.0 Å². The number of anilines is 1. The molecule has 0 bridgehead atoms. The van der Waals surface area contributed by atoms with Gasteiger partial charge in [-0.2, -0.15) is 4.31 Å². The van der Waals surface area contributed by atoms with Crippen molar-refractivity contribution in [3.63, 3.8) is 0 Å². The van der Waals surface area contributed by atoms with Crippen LogP contribution < -0.4 is 5.73 Å². The maximum Gasteiger partial charge on any atom is 0.245 e. The Kier molecular flexibility index (Phi) is 4.56. The summed E-state index contributed by atoms with van der Waals surface area (Å²) in [6.07, 6.45) is 0. The third-order valence-corrected chi connectivity index (χ3v) is 6.18. The van der Waals surface area contributed by atoms with Gasteiger partial charge in [-0.05, 0) is 37.3 Å². The van der Waals surface area contributed by atoms with Crippen LogP contribution in [0, 0.1) is 19.3 Å². The first-order valence-electron chi connectivity index (χ1n) is 6.74. The Hall–Kier alpha value is -1.07. The summed E-state index contributed by atoms with van der Waals surface area (Å²) in [5.41, 5.74) is 7.68. The summed E-state index contributed by atoms with van der Waals surface area (Å²) in [5.74, 6) is 0. The summed E-state index contributed by atoms with van der Waals surface area (Å²) in [6.45, 7) is 11.6. The Labute approximate surface area is 123 Å². The van der Waals surface area contributed by atoms with Crippen molar-refractivity contribution in [2.45, 2.75) is 52.5 Å². The predicted octanol–water partition coefficient (Wildman–Crippen LogP) is 2.94. The van der Waals surface area contributed by atoms with E-state index >= 15 is 0 Å². The summed E-state index contributed by atoms with van der Waals surface area (Å²) < 4.78 is 27.1. The van der Waals surface area contributed by atoms with Gasteiger partial charge >= 0.3 is 0 Å². The fourth-order valence-electron chi connectivity index (χ4n) is 2.05. The van der Waals surface area contributed by atoms with Crippen molar-refractivity contribution in [2.75, 3.05) is 12.8 Å². The van der Waals surface area contributed by atoms with Gasteiger partial charge in [-0.15, -0.1) is 0 Å². The molecule has 1 unspecified atom stereocenters. The number of aryl methyl sites for hydroxylation is 2. The Balaban J connectivity index is 3.42. The normalized spacial score (nSPS) is 14.6. The van der Waals surface area contributed by atoms with E-state index in [1.807, 2.05) is 40.7 Å². The average Bonchev–Trinajstić information content (AvgIpc) is 2.31. The van der Waals surface area contributed by atoms with Gasteiger partial charge in [0.05, 0.1) is 5.69 Å². The van der Waals surface area contributed by atoms with Crippen molar-refractivity contribution in [3.05, 3.63) is 23.3 Å². The molecule has 1 aromatic rings. The van der Waals surface area contributed by atoms with Crippen LogP contribution >= 0.6 is 0 Å². The van der Waals surface area contributed by atoms with E-state index in [9.17, 15) is 8.42 Å². The summed E-state index contributed by atoms with van der Waals surface area (Å²) in [4.78, 5) is 0.232. The van der Waals surface area contributed by atoms with Crippen LogP contribution in [0.15, 0.2) is 17.0 Å². The molecule has 2 N–H and O–H groups in total. The fraction of sp³-hybridized carbons (Fsp3) is 0.600. The van der Waals surface area contributed by atoms with Crippen molar-refractivity contribution in [1.29, 1.82) is 0 Å². The lowest BCUT2D eigenvalue weighted by molar-refractivity contribution is 0.216. The number of hydrogen-bond donors (Lipinski definition) is 1. The summed E-state index contributed by atoms with van der Waals surface area (Å²) >= 11 is 0. The lowest BCUT2D eigenvalue weighted by atomic mass is 9.88. The average molecular weight is 298 g/mol. The van der Waals surface area contributed by atoms with Gasteiger partial charge in [0, 0.05) is 13.1 Å². The molecule has 0 aliphatic rings. The first-order chi connectivity index (χ1) is 8.90. The zero-order chi connectivity index (χ0) is 15.9. The molecule has 1 rings (SSSR count). The topological polar surface area (TPSA) is 63.4 Å². The zero-order valence-corrected chi connectivity index (χ0v) is 14.3. The maximum absolute atomic E-state index is 12.9. The second-order valence-corrected chi connectivity index (χ2v) is 8.44. The van der Waals surface area contributed by atoms with Crippen molar-refractivity contribution in [3.8, 4) is 0 Å². The minimum atomic E-state index is -3.60. The van der Waals surface area contributed by atoms with Crippen LogP contribution in [-0.2, 0) is 10.0 Å². The monoisotopic (exact) mass is 298 g/mol. The third kappa shape index (κ3) is 2.99. The Morgan fingerprint density at radius 3 is 2.05 bits per heavy atom. The number of hydrogen-bond acceptors (Lipinski definition) is 3. The van der Waals surface area contributed by atoms with E-state index in [2.05, 4.69) is 0 Å². The number of sulfonamides is 1. The molecule has 0 aliphatic heterocycles. The van der Waals surface area contributed by atoms with Gasteiger partial charge in [-0.1, -0.05) is 32.9 Å². The molecule has 5 heteroatoms. The second kappa shape index (κ2) is 5.37. The van der Waals surface area contributed by atoms with Gasteiger partial charge in [0.1, 0.15) is 4.90 Å². The third-order valence-electron chi connectivity index (χ3n) is 4.05. The summed E-state index contributed by atoms with van der Waals surface area (Å²) in [6, 6.07) is 3.51. The first kappa shape index (κ1) is 17.0. The van der Waals surface area contributed by atoms with E-state index in [-0.39, 0.29) is 16.4 Å². The maximum atomic E-state index is 12.9. The molecule has 114 valence electrons. The highest BCUT2D eigenvalue weighted by atomic mass is 32.2. The number of nitrogens with two attached hydrogens (primary N) is 1. The minimum Gasteiger partial charge on any atom is -0.397 e. The van der Waals surface area contributed by atoms with Gasteiger partial charge in [0.2, 0.25) is 10.0 Å². The van der Waals surface area contributed by atoms with E-state index in [0.717, 1.165) is 5.56 Å². The molecule has 1 aromatic carbocycles. The molecule has 0 spiro atoms. The minimum absolute atomic E-state index is 0.133. The number of nitrogen functional groups attached to an aromatic ring is 1. The Morgan fingerprint density at radius 2 is 1.60 bits per heavy atom. The van der Waals surface area contributed by atoms with Crippen molar-refractivity contribution in [1.82, 2.24) is 4.31 Å². The highest BCUT2D eigenvalue weighted by Crippen LogP contribution is 2.32. The Bertz CT molecular complexity index is 601. The number of rotatable bonds is 3. The largest absolute Gasteiger partial charge is 0.397 e.